The maximum absolute atomic E-state index is 11.9. The molecular weight excluding hydrogens is 186 g/mol. The molecule has 1 saturated heterocycles. The van der Waals surface area contributed by atoms with Crippen molar-refractivity contribution in [3.63, 3.8) is 0 Å². The van der Waals surface area contributed by atoms with Crippen LogP contribution in [0.5, 0.6) is 0 Å². The molecule has 1 saturated carbocycles. The molecule has 2 heteroatoms. The highest BCUT2D eigenvalue weighted by Gasteiger charge is 2.44. The molecule has 1 aromatic rings. The topological polar surface area (TPSA) is 20.3 Å². The maximum atomic E-state index is 11.9. The van der Waals surface area contributed by atoms with Gasteiger partial charge in [-0.15, -0.1) is 0 Å². The van der Waals surface area contributed by atoms with E-state index in [2.05, 4.69) is 17.0 Å². The molecule has 0 aromatic heterocycles. The van der Waals surface area contributed by atoms with Gasteiger partial charge in [-0.2, -0.15) is 0 Å². The summed E-state index contributed by atoms with van der Waals surface area (Å²) < 4.78 is 0. The summed E-state index contributed by atoms with van der Waals surface area (Å²) in [5.41, 5.74) is 1.25. The molecule has 2 aliphatic rings. The molecular formula is C13H15NO. The van der Waals surface area contributed by atoms with E-state index in [-0.39, 0.29) is 0 Å². The lowest BCUT2D eigenvalue weighted by Gasteiger charge is -2.27. The molecule has 0 spiro atoms. The average Bonchev–Trinajstić information content (AvgIpc) is 2.84. The molecule has 3 rings (SSSR count). The van der Waals surface area contributed by atoms with Crippen molar-refractivity contribution in [2.45, 2.75) is 31.8 Å². The van der Waals surface area contributed by atoms with Gasteiger partial charge in [0.1, 0.15) is 0 Å². The molecule has 1 aromatic carbocycles. The van der Waals surface area contributed by atoms with Crippen LogP contribution < -0.4 is 0 Å². The summed E-state index contributed by atoms with van der Waals surface area (Å²) in [4.78, 5) is 14.0. The number of amides is 1. The van der Waals surface area contributed by atoms with Gasteiger partial charge in [-0.25, -0.2) is 0 Å². The first kappa shape index (κ1) is 8.96. The fraction of sp³-hybridized carbons (Fsp3) is 0.462. The van der Waals surface area contributed by atoms with Gasteiger partial charge in [0.2, 0.25) is 5.91 Å². The van der Waals surface area contributed by atoms with E-state index in [4.69, 9.17) is 0 Å². The Bertz CT molecular complexity index is 373. The predicted molar refractivity (Wildman–Crippen MR) is 58.1 cm³/mol. The molecule has 2 atom stereocenters. The molecule has 1 amide bonds. The van der Waals surface area contributed by atoms with Gasteiger partial charge < -0.3 is 4.90 Å². The lowest BCUT2D eigenvalue weighted by atomic mass is 10.1. The molecule has 2 bridgehead atoms. The van der Waals surface area contributed by atoms with Crippen molar-refractivity contribution in [3.8, 4) is 0 Å². The van der Waals surface area contributed by atoms with E-state index >= 15 is 0 Å². The van der Waals surface area contributed by atoms with E-state index in [1.165, 1.54) is 12.0 Å². The quantitative estimate of drug-likeness (QED) is 0.718. The van der Waals surface area contributed by atoms with E-state index in [1.807, 2.05) is 18.2 Å². The zero-order valence-corrected chi connectivity index (χ0v) is 8.73. The Balaban J connectivity index is 1.77. The summed E-state index contributed by atoms with van der Waals surface area (Å²) in [6.45, 7) is 0.806. The minimum atomic E-state index is 0.346. The van der Waals surface area contributed by atoms with Crippen LogP contribution in [0.15, 0.2) is 30.3 Å². The lowest BCUT2D eigenvalue weighted by molar-refractivity contribution is -0.134. The third-order valence-corrected chi connectivity index (χ3v) is 3.67. The number of hydrogen-bond donors (Lipinski definition) is 0. The zero-order chi connectivity index (χ0) is 10.3. The van der Waals surface area contributed by atoms with E-state index in [0.29, 0.717) is 17.9 Å². The SMILES string of the molecule is O=C1C2CC[C@@H](C2)N1Cc1ccccc1. The molecule has 15 heavy (non-hydrogen) atoms. The number of carbonyl (C=O) groups excluding carboxylic acids is 1. The van der Waals surface area contributed by atoms with Crippen molar-refractivity contribution in [2.75, 3.05) is 0 Å². The molecule has 2 fully saturated rings. The van der Waals surface area contributed by atoms with Crippen molar-refractivity contribution in [1.29, 1.82) is 0 Å². The first-order valence-electron chi connectivity index (χ1n) is 5.69. The highest BCUT2D eigenvalue weighted by atomic mass is 16.2. The normalized spacial score (nSPS) is 28.8. The van der Waals surface area contributed by atoms with Gasteiger partial charge in [-0.05, 0) is 24.8 Å². The first-order valence-corrected chi connectivity index (χ1v) is 5.69. The number of likely N-dealkylation sites (tertiary alicyclic amines) is 1. The van der Waals surface area contributed by atoms with Gasteiger partial charge in [-0.1, -0.05) is 30.3 Å². The van der Waals surface area contributed by atoms with Gasteiger partial charge in [0.25, 0.3) is 0 Å². The second-order valence-corrected chi connectivity index (χ2v) is 4.62. The minimum absolute atomic E-state index is 0.346. The van der Waals surface area contributed by atoms with E-state index in [9.17, 15) is 4.79 Å². The van der Waals surface area contributed by atoms with Gasteiger partial charge in [-0.3, -0.25) is 4.79 Å². The van der Waals surface area contributed by atoms with Crippen molar-refractivity contribution in [1.82, 2.24) is 4.90 Å². The van der Waals surface area contributed by atoms with Crippen LogP contribution in [0.25, 0.3) is 0 Å². The molecule has 1 aliphatic carbocycles. The summed E-state index contributed by atoms with van der Waals surface area (Å²) in [5, 5.41) is 0. The van der Waals surface area contributed by atoms with Crippen LogP contribution in [-0.2, 0) is 11.3 Å². The minimum Gasteiger partial charge on any atom is -0.335 e. The highest BCUT2D eigenvalue weighted by Crippen LogP contribution is 2.39. The number of carbonyl (C=O) groups is 1. The number of rotatable bonds is 2. The van der Waals surface area contributed by atoms with Crippen LogP contribution in [0.4, 0.5) is 0 Å². The zero-order valence-electron chi connectivity index (χ0n) is 8.73. The Morgan fingerprint density at radius 1 is 1.20 bits per heavy atom. The summed E-state index contributed by atoms with van der Waals surface area (Å²) in [6.07, 6.45) is 3.43. The highest BCUT2D eigenvalue weighted by molar-refractivity contribution is 5.82. The average molecular weight is 201 g/mol. The van der Waals surface area contributed by atoms with Gasteiger partial charge in [0, 0.05) is 18.5 Å². The van der Waals surface area contributed by atoms with Crippen LogP contribution in [-0.4, -0.2) is 16.8 Å². The number of nitrogens with zero attached hydrogens (tertiary/aromatic N) is 1. The molecule has 78 valence electrons. The van der Waals surface area contributed by atoms with Gasteiger partial charge >= 0.3 is 0 Å². The van der Waals surface area contributed by atoms with Crippen LogP contribution in [0, 0.1) is 5.92 Å². The summed E-state index contributed by atoms with van der Waals surface area (Å²) in [7, 11) is 0. The molecule has 2 nitrogen and oxygen atoms in total. The first-order chi connectivity index (χ1) is 7.34. The Kier molecular flexibility index (Phi) is 2.01. The predicted octanol–water partition coefficient (Wildman–Crippen LogP) is 2.20. The molecule has 1 aliphatic heterocycles. The second kappa shape index (κ2) is 3.37. The Morgan fingerprint density at radius 3 is 2.67 bits per heavy atom. The molecule has 0 N–H and O–H groups in total. The Labute approximate surface area is 89.9 Å². The van der Waals surface area contributed by atoms with E-state index in [1.54, 1.807) is 0 Å². The van der Waals surface area contributed by atoms with Crippen molar-refractivity contribution in [2.24, 2.45) is 5.92 Å². The fourth-order valence-corrected chi connectivity index (χ4v) is 2.87. The van der Waals surface area contributed by atoms with Crippen LogP contribution in [0.3, 0.4) is 0 Å². The monoisotopic (exact) mass is 201 g/mol. The molecule has 0 radical (unpaired) electrons. The van der Waals surface area contributed by atoms with E-state index in [0.717, 1.165) is 19.4 Å². The third-order valence-electron chi connectivity index (χ3n) is 3.67. The smallest absolute Gasteiger partial charge is 0.226 e. The van der Waals surface area contributed by atoms with Gasteiger partial charge in [0.05, 0.1) is 0 Å². The second-order valence-electron chi connectivity index (χ2n) is 4.62. The summed E-state index contributed by atoms with van der Waals surface area (Å²) in [5.74, 6) is 0.730. The Hall–Kier alpha value is -1.31. The Morgan fingerprint density at radius 2 is 2.00 bits per heavy atom. The standard InChI is InChI=1S/C13H15NO/c15-13-11-6-7-12(8-11)14(13)9-10-4-2-1-3-5-10/h1-5,11-12H,6-9H2/t11?,12-/m0/s1. The van der Waals surface area contributed by atoms with Crippen molar-refractivity contribution in [3.05, 3.63) is 35.9 Å². The van der Waals surface area contributed by atoms with Gasteiger partial charge in [0.15, 0.2) is 0 Å². The van der Waals surface area contributed by atoms with E-state index < -0.39 is 0 Å². The molecule has 1 unspecified atom stereocenters. The van der Waals surface area contributed by atoms with Crippen LogP contribution in [0.1, 0.15) is 24.8 Å². The van der Waals surface area contributed by atoms with Crippen LogP contribution in [0.2, 0.25) is 0 Å². The molecule has 1 heterocycles. The fourth-order valence-electron chi connectivity index (χ4n) is 2.87. The number of fused-ring (bicyclic) bond motifs is 2. The van der Waals surface area contributed by atoms with Crippen LogP contribution >= 0.6 is 0 Å². The summed E-state index contributed by atoms with van der Waals surface area (Å²) >= 11 is 0. The lowest BCUT2D eigenvalue weighted by Crippen LogP contribution is -2.36. The number of hydrogen-bond acceptors (Lipinski definition) is 1. The number of benzene rings is 1. The van der Waals surface area contributed by atoms with Crippen molar-refractivity contribution >= 4 is 5.91 Å². The third kappa shape index (κ3) is 1.44. The number of piperidine rings is 1. The van der Waals surface area contributed by atoms with Crippen molar-refractivity contribution < 1.29 is 4.79 Å². The summed E-state index contributed by atoms with van der Waals surface area (Å²) in [6, 6.07) is 10.8. The maximum Gasteiger partial charge on any atom is 0.226 e. The largest absolute Gasteiger partial charge is 0.335 e.